The molecule has 1 aliphatic heterocycles. The quantitative estimate of drug-likeness (QED) is 0.519. The van der Waals surface area contributed by atoms with Crippen LogP contribution in [0.15, 0.2) is 18.2 Å². The molecule has 2 rings (SSSR count). The van der Waals surface area contributed by atoms with E-state index in [2.05, 4.69) is 51.3 Å². The number of hydrogen-bond acceptors (Lipinski definition) is 5. The third kappa shape index (κ3) is 6.22. The van der Waals surface area contributed by atoms with Crippen molar-refractivity contribution in [1.29, 1.82) is 0 Å². The molecule has 0 unspecified atom stereocenters. The second-order valence-electron chi connectivity index (χ2n) is 8.25. The van der Waals surface area contributed by atoms with Crippen molar-refractivity contribution < 1.29 is 14.3 Å². The van der Waals surface area contributed by atoms with E-state index in [9.17, 15) is 4.79 Å². The Morgan fingerprint density at radius 1 is 0.963 bits per heavy atom. The van der Waals surface area contributed by atoms with Crippen molar-refractivity contribution in [3.63, 3.8) is 0 Å². The van der Waals surface area contributed by atoms with Crippen LogP contribution in [-0.4, -0.2) is 61.3 Å². The average Bonchev–Trinajstić information content (AvgIpc) is 2.61. The lowest BCUT2D eigenvalue weighted by Crippen LogP contribution is -2.49. The van der Waals surface area contributed by atoms with Crippen LogP contribution < -0.4 is 4.74 Å². The topological polar surface area (TPSA) is 42.0 Å². The van der Waals surface area contributed by atoms with Crippen molar-refractivity contribution >= 4 is 6.16 Å². The van der Waals surface area contributed by atoms with Crippen LogP contribution >= 0.6 is 0 Å². The van der Waals surface area contributed by atoms with Crippen molar-refractivity contribution in [2.24, 2.45) is 0 Å². The number of rotatable bonds is 7. The molecule has 27 heavy (non-hydrogen) atoms. The molecule has 1 aromatic carbocycles. The van der Waals surface area contributed by atoms with Crippen LogP contribution in [-0.2, 0) is 4.74 Å². The van der Waals surface area contributed by atoms with E-state index in [4.69, 9.17) is 9.47 Å². The van der Waals surface area contributed by atoms with Crippen molar-refractivity contribution in [1.82, 2.24) is 9.80 Å². The Hall–Kier alpha value is -1.59. The van der Waals surface area contributed by atoms with E-state index in [1.165, 1.54) is 0 Å². The predicted octanol–water partition coefficient (Wildman–Crippen LogP) is 4.47. The molecule has 0 aromatic heterocycles. The summed E-state index contributed by atoms with van der Waals surface area (Å²) >= 11 is 0. The van der Waals surface area contributed by atoms with Gasteiger partial charge in [0.25, 0.3) is 0 Å². The summed E-state index contributed by atoms with van der Waals surface area (Å²) in [5.41, 5.74) is 2.09. The van der Waals surface area contributed by atoms with Crippen LogP contribution in [0.1, 0.15) is 64.5 Å². The average molecular weight is 377 g/mol. The van der Waals surface area contributed by atoms with Crippen molar-refractivity contribution in [3.05, 3.63) is 29.3 Å². The summed E-state index contributed by atoms with van der Waals surface area (Å²) in [5, 5.41) is 0. The third-order valence-corrected chi connectivity index (χ3v) is 5.27. The first-order chi connectivity index (χ1) is 12.8. The lowest BCUT2D eigenvalue weighted by Gasteiger charge is -2.36. The highest BCUT2D eigenvalue weighted by molar-refractivity contribution is 5.66. The second kappa shape index (κ2) is 10.1. The highest BCUT2D eigenvalue weighted by Gasteiger charge is 2.21. The lowest BCUT2D eigenvalue weighted by molar-refractivity contribution is 0.0658. The fraction of sp³-hybridized carbons (Fsp3) is 0.682. The molecule has 0 aliphatic carbocycles. The molecule has 0 radical (unpaired) electrons. The van der Waals surface area contributed by atoms with Gasteiger partial charge in [0.2, 0.25) is 0 Å². The molecule has 1 saturated heterocycles. The molecule has 0 bridgehead atoms. The SMILES string of the molecule is CC(C)c1cccc(C(C)C)c1OC(=O)OCCN1CCN(C(C)C)CC1. The predicted molar refractivity (Wildman–Crippen MR) is 110 cm³/mol. The first kappa shape index (κ1) is 21.7. The van der Waals surface area contributed by atoms with Crippen molar-refractivity contribution in [3.8, 4) is 5.75 Å². The van der Waals surface area contributed by atoms with Crippen LogP contribution in [0.25, 0.3) is 0 Å². The molecule has 0 amide bonds. The number of ether oxygens (including phenoxy) is 2. The Bertz CT molecular complexity index is 579. The van der Waals surface area contributed by atoms with Crippen LogP contribution in [0.3, 0.4) is 0 Å². The Balaban J connectivity index is 1.86. The second-order valence-corrected chi connectivity index (χ2v) is 8.25. The maximum Gasteiger partial charge on any atom is 0.513 e. The summed E-state index contributed by atoms with van der Waals surface area (Å²) in [5.74, 6) is 1.23. The highest BCUT2D eigenvalue weighted by atomic mass is 16.7. The minimum absolute atomic E-state index is 0.281. The molecule has 0 atom stereocenters. The number of benzene rings is 1. The normalized spacial score (nSPS) is 16.3. The smallest absolute Gasteiger partial charge is 0.433 e. The van der Waals surface area contributed by atoms with Gasteiger partial charge in [-0.2, -0.15) is 0 Å². The van der Waals surface area contributed by atoms with Crippen LogP contribution in [0.4, 0.5) is 4.79 Å². The van der Waals surface area contributed by atoms with E-state index in [-0.39, 0.29) is 11.8 Å². The van der Waals surface area contributed by atoms with Gasteiger partial charge < -0.3 is 9.47 Å². The third-order valence-electron chi connectivity index (χ3n) is 5.27. The van der Waals surface area contributed by atoms with E-state index >= 15 is 0 Å². The van der Waals surface area contributed by atoms with E-state index in [0.29, 0.717) is 18.4 Å². The maximum absolute atomic E-state index is 12.3. The summed E-state index contributed by atoms with van der Waals surface area (Å²) in [6.07, 6.45) is -0.606. The number of hydrogen-bond donors (Lipinski definition) is 0. The van der Waals surface area contributed by atoms with Gasteiger partial charge in [0.15, 0.2) is 0 Å². The van der Waals surface area contributed by atoms with Gasteiger partial charge in [0, 0.05) is 38.8 Å². The zero-order valence-corrected chi connectivity index (χ0v) is 17.8. The van der Waals surface area contributed by atoms with Gasteiger partial charge >= 0.3 is 6.16 Å². The maximum atomic E-state index is 12.3. The minimum atomic E-state index is -0.606. The highest BCUT2D eigenvalue weighted by Crippen LogP contribution is 2.34. The number of para-hydroxylation sites is 1. The molecule has 5 nitrogen and oxygen atoms in total. The lowest BCUT2D eigenvalue weighted by atomic mass is 9.94. The fourth-order valence-corrected chi connectivity index (χ4v) is 3.47. The Labute approximate surface area is 164 Å². The van der Waals surface area contributed by atoms with E-state index < -0.39 is 6.16 Å². The molecule has 1 aromatic rings. The van der Waals surface area contributed by atoms with Gasteiger partial charge in [0.05, 0.1) is 0 Å². The summed E-state index contributed by atoms with van der Waals surface area (Å²) in [7, 11) is 0. The van der Waals surface area contributed by atoms with Gasteiger partial charge in [-0.05, 0) is 36.8 Å². The van der Waals surface area contributed by atoms with E-state index in [1.807, 2.05) is 18.2 Å². The Kier molecular flexibility index (Phi) is 8.11. The summed E-state index contributed by atoms with van der Waals surface area (Å²) in [4.78, 5) is 17.1. The van der Waals surface area contributed by atoms with Crippen molar-refractivity contribution in [2.45, 2.75) is 59.4 Å². The summed E-state index contributed by atoms with van der Waals surface area (Å²) in [6.45, 7) is 18.2. The number of nitrogens with zero attached hydrogens (tertiary/aromatic N) is 2. The Morgan fingerprint density at radius 2 is 1.52 bits per heavy atom. The van der Waals surface area contributed by atoms with Crippen LogP contribution in [0.2, 0.25) is 0 Å². The Morgan fingerprint density at radius 3 is 2.00 bits per heavy atom. The van der Waals surface area contributed by atoms with E-state index in [0.717, 1.165) is 43.9 Å². The zero-order chi connectivity index (χ0) is 20.0. The molecular weight excluding hydrogens is 340 g/mol. The molecular formula is C22H36N2O3. The van der Waals surface area contributed by atoms with Gasteiger partial charge in [-0.1, -0.05) is 45.9 Å². The standard InChI is InChI=1S/C22H36N2O3/c1-16(2)19-8-7-9-20(17(3)4)21(19)27-22(25)26-15-14-23-10-12-24(13-11-23)18(5)6/h7-9,16-18H,10-15H2,1-6H3. The first-order valence-electron chi connectivity index (χ1n) is 10.2. The molecule has 5 heteroatoms. The number of carbonyl (C=O) groups is 1. The summed E-state index contributed by atoms with van der Waals surface area (Å²) in [6, 6.07) is 6.66. The van der Waals surface area contributed by atoms with Crippen LogP contribution in [0.5, 0.6) is 5.75 Å². The minimum Gasteiger partial charge on any atom is -0.433 e. The number of piperazine rings is 1. The largest absolute Gasteiger partial charge is 0.513 e. The van der Waals surface area contributed by atoms with Crippen molar-refractivity contribution in [2.75, 3.05) is 39.3 Å². The molecule has 1 heterocycles. The fourth-order valence-electron chi connectivity index (χ4n) is 3.47. The zero-order valence-electron chi connectivity index (χ0n) is 17.8. The monoisotopic (exact) mass is 376 g/mol. The molecule has 152 valence electrons. The van der Waals surface area contributed by atoms with Gasteiger partial charge in [-0.3, -0.25) is 9.80 Å². The van der Waals surface area contributed by atoms with Crippen LogP contribution in [0, 0.1) is 0 Å². The van der Waals surface area contributed by atoms with Gasteiger partial charge in [0.1, 0.15) is 12.4 Å². The summed E-state index contributed by atoms with van der Waals surface area (Å²) < 4.78 is 11.0. The van der Waals surface area contributed by atoms with Gasteiger partial charge in [-0.25, -0.2) is 4.79 Å². The molecule has 1 fully saturated rings. The van der Waals surface area contributed by atoms with E-state index in [1.54, 1.807) is 0 Å². The molecule has 1 aliphatic rings. The first-order valence-corrected chi connectivity index (χ1v) is 10.2. The molecule has 0 N–H and O–H groups in total. The molecule has 0 saturated carbocycles. The number of carbonyl (C=O) groups excluding carboxylic acids is 1. The van der Waals surface area contributed by atoms with Gasteiger partial charge in [-0.15, -0.1) is 0 Å². The molecule has 0 spiro atoms.